The molecule has 21 heavy (non-hydrogen) atoms. The van der Waals surface area contributed by atoms with E-state index < -0.39 is 36.1 Å². The maximum Gasteiger partial charge on any atom is 0.408 e. The van der Waals surface area contributed by atoms with Crippen LogP contribution in [0.5, 0.6) is 0 Å². The molecule has 0 saturated heterocycles. The molecule has 0 saturated carbocycles. The number of halogens is 2. The number of carboxylic acids is 1. The summed E-state index contributed by atoms with van der Waals surface area (Å²) in [6.45, 7) is 5.00. The molecule has 2 N–H and O–H groups in total. The third-order valence-corrected chi connectivity index (χ3v) is 2.71. The highest BCUT2D eigenvalue weighted by atomic mass is 79.9. The van der Waals surface area contributed by atoms with Crippen LogP contribution in [0, 0.1) is 5.95 Å². The van der Waals surface area contributed by atoms with Crippen LogP contribution in [0.4, 0.5) is 9.18 Å². The molecule has 1 aromatic rings. The van der Waals surface area contributed by atoms with E-state index in [-0.39, 0.29) is 5.56 Å². The predicted molar refractivity (Wildman–Crippen MR) is 76.3 cm³/mol. The van der Waals surface area contributed by atoms with Gasteiger partial charge in [-0.05, 0) is 42.8 Å². The van der Waals surface area contributed by atoms with Gasteiger partial charge in [0, 0.05) is 16.2 Å². The Bertz CT molecular complexity index is 545. The number of amides is 1. The molecule has 0 aliphatic carbocycles. The number of hydrogen-bond donors (Lipinski definition) is 2. The number of ether oxygens (including phenoxy) is 1. The van der Waals surface area contributed by atoms with Crippen molar-refractivity contribution in [2.45, 2.75) is 38.8 Å². The lowest BCUT2D eigenvalue weighted by molar-refractivity contribution is -0.137. The van der Waals surface area contributed by atoms with Gasteiger partial charge in [-0.1, -0.05) is 0 Å². The van der Waals surface area contributed by atoms with Crippen LogP contribution in [0.15, 0.2) is 16.7 Å². The third-order valence-electron chi connectivity index (χ3n) is 2.28. The SMILES string of the molecule is CC(C)(C)OC(=O)N[C@@H](CC(=O)O)c1cc(Br)cnc1F. The molecule has 0 aliphatic rings. The van der Waals surface area contributed by atoms with Gasteiger partial charge < -0.3 is 15.2 Å². The highest BCUT2D eigenvalue weighted by molar-refractivity contribution is 9.10. The first-order valence-corrected chi connectivity index (χ1v) is 6.90. The first-order chi connectivity index (χ1) is 9.58. The van der Waals surface area contributed by atoms with E-state index in [1.807, 2.05) is 0 Å². The minimum atomic E-state index is -1.18. The first-order valence-electron chi connectivity index (χ1n) is 6.11. The van der Waals surface area contributed by atoms with Gasteiger partial charge in [-0.3, -0.25) is 4.79 Å². The van der Waals surface area contributed by atoms with Crippen molar-refractivity contribution in [2.75, 3.05) is 0 Å². The Kier molecular flexibility index (Phi) is 5.65. The average Bonchev–Trinajstić information content (AvgIpc) is 2.28. The van der Waals surface area contributed by atoms with Crippen LogP contribution in [0.25, 0.3) is 0 Å². The van der Waals surface area contributed by atoms with Gasteiger partial charge in [0.15, 0.2) is 0 Å². The Labute approximate surface area is 129 Å². The lowest BCUT2D eigenvalue weighted by atomic mass is 10.1. The van der Waals surface area contributed by atoms with Crippen LogP contribution in [-0.4, -0.2) is 27.8 Å². The molecule has 1 rings (SSSR count). The molecule has 0 fully saturated rings. The van der Waals surface area contributed by atoms with E-state index in [4.69, 9.17) is 9.84 Å². The topological polar surface area (TPSA) is 88.5 Å². The number of rotatable bonds is 4. The maximum atomic E-state index is 13.7. The van der Waals surface area contributed by atoms with Crippen molar-refractivity contribution in [1.82, 2.24) is 10.3 Å². The molecule has 0 aliphatic heterocycles. The second-order valence-electron chi connectivity index (χ2n) is 5.33. The number of aliphatic carboxylic acids is 1. The molecule has 1 heterocycles. The quantitative estimate of drug-likeness (QED) is 0.803. The number of aromatic nitrogens is 1. The van der Waals surface area contributed by atoms with Gasteiger partial charge in [-0.25, -0.2) is 9.78 Å². The summed E-state index contributed by atoms with van der Waals surface area (Å²) < 4.78 is 19.3. The predicted octanol–water partition coefficient (Wildman–Crippen LogP) is 3.02. The van der Waals surface area contributed by atoms with Crippen molar-refractivity contribution in [3.05, 3.63) is 28.2 Å². The molecule has 0 bridgehead atoms. The van der Waals surface area contributed by atoms with Crippen molar-refractivity contribution < 1.29 is 23.8 Å². The fraction of sp³-hybridized carbons (Fsp3) is 0.462. The second kappa shape index (κ2) is 6.84. The number of pyridine rings is 1. The van der Waals surface area contributed by atoms with Crippen molar-refractivity contribution in [1.29, 1.82) is 0 Å². The highest BCUT2D eigenvalue weighted by Crippen LogP contribution is 2.23. The molecule has 1 amide bonds. The molecule has 6 nitrogen and oxygen atoms in total. The molecular formula is C13H16BrFN2O4. The fourth-order valence-electron chi connectivity index (χ4n) is 1.55. The number of nitrogens with one attached hydrogen (secondary N) is 1. The number of nitrogens with zero attached hydrogens (tertiary/aromatic N) is 1. The number of hydrogen-bond acceptors (Lipinski definition) is 4. The summed E-state index contributed by atoms with van der Waals surface area (Å²) in [4.78, 5) is 26.1. The molecule has 0 aromatic carbocycles. The Morgan fingerprint density at radius 2 is 2.14 bits per heavy atom. The zero-order chi connectivity index (χ0) is 16.2. The standard InChI is InChI=1S/C13H16BrFN2O4/c1-13(2,3)21-12(20)17-9(5-10(18)19)8-4-7(14)6-16-11(8)15/h4,6,9H,5H2,1-3H3,(H,17,20)(H,18,19)/t9-/m0/s1. The van der Waals surface area contributed by atoms with Crippen molar-refractivity contribution in [3.8, 4) is 0 Å². The maximum absolute atomic E-state index is 13.7. The van der Waals surface area contributed by atoms with Crippen molar-refractivity contribution >= 4 is 28.0 Å². The summed E-state index contributed by atoms with van der Waals surface area (Å²) in [5, 5.41) is 11.3. The first kappa shape index (κ1) is 17.4. The van der Waals surface area contributed by atoms with Gasteiger partial charge in [0.25, 0.3) is 0 Å². The van der Waals surface area contributed by atoms with Crippen LogP contribution in [0.3, 0.4) is 0 Å². The number of carboxylic acid groups (broad SMARTS) is 1. The van der Waals surface area contributed by atoms with Gasteiger partial charge >= 0.3 is 12.1 Å². The highest BCUT2D eigenvalue weighted by Gasteiger charge is 2.25. The molecule has 0 spiro atoms. The summed E-state index contributed by atoms with van der Waals surface area (Å²) >= 11 is 3.13. The Balaban J connectivity index is 2.98. The van der Waals surface area contributed by atoms with Crippen molar-refractivity contribution in [2.24, 2.45) is 0 Å². The van der Waals surface area contributed by atoms with Crippen LogP contribution >= 0.6 is 15.9 Å². The molecule has 0 radical (unpaired) electrons. The number of carbonyl (C=O) groups excluding carboxylic acids is 1. The monoisotopic (exact) mass is 362 g/mol. The van der Waals surface area contributed by atoms with E-state index in [2.05, 4.69) is 26.2 Å². The zero-order valence-electron chi connectivity index (χ0n) is 11.8. The number of carbonyl (C=O) groups is 2. The molecular weight excluding hydrogens is 347 g/mol. The van der Waals surface area contributed by atoms with E-state index in [0.29, 0.717) is 4.47 Å². The van der Waals surface area contributed by atoms with Gasteiger partial charge in [0.1, 0.15) is 5.60 Å². The summed E-state index contributed by atoms with van der Waals surface area (Å²) in [6.07, 6.45) is -0.0774. The van der Waals surface area contributed by atoms with Crippen molar-refractivity contribution in [3.63, 3.8) is 0 Å². The van der Waals surface area contributed by atoms with E-state index >= 15 is 0 Å². The minimum absolute atomic E-state index is 0.0300. The Hall–Kier alpha value is -1.70. The van der Waals surface area contributed by atoms with Crippen LogP contribution in [0.1, 0.15) is 38.8 Å². The second-order valence-corrected chi connectivity index (χ2v) is 6.25. The lowest BCUT2D eigenvalue weighted by Gasteiger charge is -2.23. The van der Waals surface area contributed by atoms with E-state index in [1.54, 1.807) is 20.8 Å². The van der Waals surface area contributed by atoms with Gasteiger partial charge in [0.05, 0.1) is 12.5 Å². The zero-order valence-corrected chi connectivity index (χ0v) is 13.4. The van der Waals surface area contributed by atoms with E-state index in [1.165, 1.54) is 12.3 Å². The van der Waals surface area contributed by atoms with Crippen LogP contribution in [-0.2, 0) is 9.53 Å². The molecule has 8 heteroatoms. The summed E-state index contributed by atoms with van der Waals surface area (Å²) in [6, 6.07) is 0.287. The summed E-state index contributed by atoms with van der Waals surface area (Å²) in [5.74, 6) is -2.03. The lowest BCUT2D eigenvalue weighted by Crippen LogP contribution is -2.36. The molecule has 1 atom stereocenters. The van der Waals surface area contributed by atoms with Crippen LogP contribution in [0.2, 0.25) is 0 Å². The Morgan fingerprint density at radius 1 is 1.52 bits per heavy atom. The van der Waals surface area contributed by atoms with E-state index in [9.17, 15) is 14.0 Å². The smallest absolute Gasteiger partial charge is 0.408 e. The summed E-state index contributed by atoms with van der Waals surface area (Å²) in [5.41, 5.74) is -0.774. The van der Waals surface area contributed by atoms with Gasteiger partial charge in [-0.2, -0.15) is 4.39 Å². The van der Waals surface area contributed by atoms with Gasteiger partial charge in [0.2, 0.25) is 5.95 Å². The number of alkyl carbamates (subject to hydrolysis) is 1. The minimum Gasteiger partial charge on any atom is -0.481 e. The molecule has 0 unspecified atom stereocenters. The van der Waals surface area contributed by atoms with E-state index in [0.717, 1.165) is 0 Å². The third kappa shape index (κ3) is 6.07. The average molecular weight is 363 g/mol. The largest absolute Gasteiger partial charge is 0.481 e. The van der Waals surface area contributed by atoms with Crippen LogP contribution < -0.4 is 5.32 Å². The molecule has 116 valence electrons. The molecule has 1 aromatic heterocycles. The summed E-state index contributed by atoms with van der Waals surface area (Å²) in [7, 11) is 0. The fourth-order valence-corrected chi connectivity index (χ4v) is 1.89. The Morgan fingerprint density at radius 3 is 2.67 bits per heavy atom. The van der Waals surface area contributed by atoms with Gasteiger partial charge in [-0.15, -0.1) is 0 Å². The normalized spacial score (nSPS) is 12.6.